The van der Waals surface area contributed by atoms with Crippen LogP contribution in [0.25, 0.3) is 6.08 Å². The van der Waals surface area contributed by atoms with Gasteiger partial charge in [-0.25, -0.2) is 4.79 Å². The topological polar surface area (TPSA) is 70.8 Å². The Morgan fingerprint density at radius 3 is 2.35 bits per heavy atom. The number of methoxy groups -OCH3 is 3. The molecule has 1 aromatic carbocycles. The van der Waals surface area contributed by atoms with E-state index in [0.717, 1.165) is 0 Å². The average molecular weight is 237 g/mol. The lowest BCUT2D eigenvalue weighted by molar-refractivity contribution is -0.134. The van der Waals surface area contributed by atoms with Gasteiger partial charge in [-0.15, -0.1) is 0 Å². The predicted octanol–water partition coefficient (Wildman–Crippen LogP) is 1.47. The largest absolute Gasteiger partial charge is 0.496 e. The minimum Gasteiger partial charge on any atom is -0.496 e. The minimum absolute atomic E-state index is 0.443. The van der Waals surface area contributed by atoms with Gasteiger partial charge < -0.3 is 19.9 Å². The number of ether oxygens (including phenoxy) is 3. The summed E-state index contributed by atoms with van der Waals surface area (Å²) in [6.07, 6.45) is 2.87. The molecule has 0 atom stereocenters. The van der Waals surface area contributed by atoms with Gasteiger partial charge in [-0.05, 0) is 12.1 Å². The lowest BCUT2D eigenvalue weighted by Gasteiger charge is -2.10. The molecule has 5 heteroatoms. The third-order valence-electron chi connectivity index (χ3n) is 2.18. The summed E-state index contributed by atoms with van der Waals surface area (Å²) in [6, 6.07) is 3.32. The van der Waals surface area contributed by atoms with Gasteiger partial charge in [-0.3, -0.25) is 0 Å². The maximum Gasteiger partial charge on any atom is 0.330 e. The fourth-order valence-corrected chi connectivity index (χ4v) is 1.31. The van der Waals surface area contributed by atoms with Crippen molar-refractivity contribution in [2.45, 2.75) is 0 Å². The van der Waals surface area contributed by atoms with Crippen LogP contribution in [-0.4, -0.2) is 27.3 Å². The van der Waals surface area contributed by atoms with Crippen LogP contribution in [0.4, 0.5) is 5.69 Å². The van der Waals surface area contributed by atoms with E-state index in [4.69, 9.17) is 15.2 Å². The molecule has 0 aliphatic rings. The van der Waals surface area contributed by atoms with Gasteiger partial charge in [0.05, 0.1) is 27.0 Å². The molecule has 0 bridgehead atoms. The molecule has 1 rings (SSSR count). The zero-order valence-electron chi connectivity index (χ0n) is 10.0. The van der Waals surface area contributed by atoms with E-state index in [-0.39, 0.29) is 0 Å². The highest BCUT2D eigenvalue weighted by Crippen LogP contribution is 2.31. The zero-order valence-corrected chi connectivity index (χ0v) is 10.0. The number of carbonyl (C=O) groups excluding carboxylic acids is 1. The fraction of sp³-hybridized carbons (Fsp3) is 0.250. The van der Waals surface area contributed by atoms with Crippen LogP contribution >= 0.6 is 0 Å². The molecule has 92 valence electrons. The van der Waals surface area contributed by atoms with Gasteiger partial charge in [0.15, 0.2) is 0 Å². The van der Waals surface area contributed by atoms with E-state index >= 15 is 0 Å². The fourth-order valence-electron chi connectivity index (χ4n) is 1.31. The molecule has 0 aliphatic heterocycles. The molecule has 0 saturated heterocycles. The average Bonchev–Trinajstić information content (AvgIpc) is 2.35. The molecule has 0 saturated carbocycles. The van der Waals surface area contributed by atoms with Crippen LogP contribution in [0.1, 0.15) is 5.56 Å². The van der Waals surface area contributed by atoms with Crippen molar-refractivity contribution in [3.63, 3.8) is 0 Å². The van der Waals surface area contributed by atoms with Gasteiger partial charge in [0.2, 0.25) is 0 Å². The van der Waals surface area contributed by atoms with Gasteiger partial charge in [0, 0.05) is 17.7 Å². The summed E-state index contributed by atoms with van der Waals surface area (Å²) in [7, 11) is 4.36. The summed E-state index contributed by atoms with van der Waals surface area (Å²) in [5, 5.41) is 0. The first-order valence-electron chi connectivity index (χ1n) is 4.90. The van der Waals surface area contributed by atoms with Gasteiger partial charge in [0.1, 0.15) is 11.5 Å². The second-order valence-corrected chi connectivity index (χ2v) is 3.19. The molecule has 0 spiro atoms. The third kappa shape index (κ3) is 3.14. The van der Waals surface area contributed by atoms with Crippen molar-refractivity contribution in [1.82, 2.24) is 0 Å². The molecule has 0 heterocycles. The molecule has 0 fully saturated rings. The van der Waals surface area contributed by atoms with Crippen molar-refractivity contribution < 1.29 is 19.0 Å². The van der Waals surface area contributed by atoms with Crippen LogP contribution in [-0.2, 0) is 9.53 Å². The number of carbonyl (C=O) groups is 1. The van der Waals surface area contributed by atoms with E-state index in [1.165, 1.54) is 27.4 Å². The quantitative estimate of drug-likeness (QED) is 0.488. The Hall–Kier alpha value is -2.17. The maximum absolute atomic E-state index is 11.0. The first-order chi connectivity index (χ1) is 8.12. The Morgan fingerprint density at radius 2 is 1.82 bits per heavy atom. The Balaban J connectivity index is 3.10. The second-order valence-electron chi connectivity index (χ2n) is 3.19. The lowest BCUT2D eigenvalue weighted by Crippen LogP contribution is -1.97. The number of nitrogens with two attached hydrogens (primary N) is 1. The van der Waals surface area contributed by atoms with E-state index in [9.17, 15) is 4.79 Å². The van der Waals surface area contributed by atoms with Gasteiger partial charge in [0.25, 0.3) is 0 Å². The summed E-state index contributed by atoms with van der Waals surface area (Å²) in [5.41, 5.74) is 6.91. The van der Waals surface area contributed by atoms with Crippen LogP contribution < -0.4 is 15.2 Å². The molecule has 2 N–H and O–H groups in total. The van der Waals surface area contributed by atoms with E-state index < -0.39 is 5.97 Å². The van der Waals surface area contributed by atoms with E-state index in [2.05, 4.69) is 4.74 Å². The molecule has 0 radical (unpaired) electrons. The Morgan fingerprint density at radius 1 is 1.18 bits per heavy atom. The first-order valence-corrected chi connectivity index (χ1v) is 4.90. The second kappa shape index (κ2) is 5.79. The van der Waals surface area contributed by atoms with Crippen molar-refractivity contribution in [3.8, 4) is 11.5 Å². The van der Waals surface area contributed by atoms with Crippen molar-refractivity contribution >= 4 is 17.7 Å². The Kier molecular flexibility index (Phi) is 4.39. The number of benzene rings is 1. The highest BCUT2D eigenvalue weighted by atomic mass is 16.5. The van der Waals surface area contributed by atoms with Crippen LogP contribution in [0.3, 0.4) is 0 Å². The number of nitrogen functional groups attached to an aromatic ring is 1. The standard InChI is InChI=1S/C12H15NO4/c1-15-10-7-11(16-2)9(13)6-8(10)4-5-12(14)17-3/h4-7H,13H2,1-3H3/b5-4+. The molecule has 1 aromatic rings. The van der Waals surface area contributed by atoms with Crippen LogP contribution in [0, 0.1) is 0 Å². The van der Waals surface area contributed by atoms with Gasteiger partial charge >= 0.3 is 5.97 Å². The van der Waals surface area contributed by atoms with Crippen LogP contribution in [0.15, 0.2) is 18.2 Å². The van der Waals surface area contributed by atoms with Crippen LogP contribution in [0.5, 0.6) is 11.5 Å². The summed E-state index contributed by atoms with van der Waals surface area (Å²) < 4.78 is 14.7. The minimum atomic E-state index is -0.443. The van der Waals surface area contributed by atoms with Crippen molar-refractivity contribution in [1.29, 1.82) is 0 Å². The number of hydrogen-bond acceptors (Lipinski definition) is 5. The molecule has 0 aliphatic carbocycles. The number of rotatable bonds is 4. The summed E-state index contributed by atoms with van der Waals surface area (Å²) in [4.78, 5) is 11.0. The number of hydrogen-bond donors (Lipinski definition) is 1. The maximum atomic E-state index is 11.0. The molecular weight excluding hydrogens is 222 g/mol. The monoisotopic (exact) mass is 237 g/mol. The van der Waals surface area contributed by atoms with Gasteiger partial charge in [-0.2, -0.15) is 0 Å². The predicted molar refractivity (Wildman–Crippen MR) is 65.0 cm³/mol. The van der Waals surface area contributed by atoms with Crippen molar-refractivity contribution in [3.05, 3.63) is 23.8 Å². The Labute approximate surface area is 99.8 Å². The number of esters is 1. The first kappa shape index (κ1) is 12.9. The van der Waals surface area contributed by atoms with Crippen molar-refractivity contribution in [2.75, 3.05) is 27.1 Å². The highest BCUT2D eigenvalue weighted by Gasteiger charge is 2.07. The number of anilines is 1. The van der Waals surface area contributed by atoms with Crippen molar-refractivity contribution in [2.24, 2.45) is 0 Å². The molecule has 0 amide bonds. The summed E-state index contributed by atoms with van der Waals surface area (Å²) in [6.45, 7) is 0. The highest BCUT2D eigenvalue weighted by molar-refractivity contribution is 5.88. The van der Waals surface area contributed by atoms with E-state index in [1.807, 2.05) is 0 Å². The molecule has 5 nitrogen and oxygen atoms in total. The van der Waals surface area contributed by atoms with E-state index in [0.29, 0.717) is 22.7 Å². The van der Waals surface area contributed by atoms with Gasteiger partial charge in [-0.1, -0.05) is 0 Å². The van der Waals surface area contributed by atoms with E-state index in [1.54, 1.807) is 18.2 Å². The molecular formula is C12H15NO4. The molecule has 0 unspecified atom stereocenters. The third-order valence-corrected chi connectivity index (χ3v) is 2.18. The van der Waals surface area contributed by atoms with Crippen LogP contribution in [0.2, 0.25) is 0 Å². The molecule has 0 aromatic heterocycles. The summed E-state index contributed by atoms with van der Waals surface area (Å²) in [5.74, 6) is 0.648. The Bertz CT molecular complexity index is 440. The normalized spacial score (nSPS) is 10.3. The zero-order chi connectivity index (χ0) is 12.8. The molecule has 17 heavy (non-hydrogen) atoms. The SMILES string of the molecule is COC(=O)/C=C/c1cc(N)c(OC)cc1OC. The lowest BCUT2D eigenvalue weighted by atomic mass is 10.1. The summed E-state index contributed by atoms with van der Waals surface area (Å²) >= 11 is 0. The smallest absolute Gasteiger partial charge is 0.330 e.